The van der Waals surface area contributed by atoms with Gasteiger partial charge in [-0.1, -0.05) is 0 Å². The Kier molecular flexibility index (Phi) is 7.54. The van der Waals surface area contributed by atoms with Crippen molar-refractivity contribution in [3.63, 3.8) is 0 Å². The van der Waals surface area contributed by atoms with Crippen molar-refractivity contribution in [3.8, 4) is 11.6 Å². The predicted molar refractivity (Wildman–Crippen MR) is 154 cm³/mol. The Balaban J connectivity index is 1.47. The Morgan fingerprint density at radius 1 is 0.925 bits per heavy atom. The van der Waals surface area contributed by atoms with Gasteiger partial charge < -0.3 is 30.1 Å². The number of aromatic amines is 1. The van der Waals surface area contributed by atoms with Gasteiger partial charge in [0, 0.05) is 55.4 Å². The Morgan fingerprint density at radius 3 is 2.23 bits per heavy atom. The topological polar surface area (TPSA) is 133 Å². The molecule has 1 aromatic heterocycles. The number of aromatic hydroxyl groups is 2. The van der Waals surface area contributed by atoms with Crippen LogP contribution in [0.2, 0.25) is 0 Å². The zero-order valence-corrected chi connectivity index (χ0v) is 22.3. The van der Waals surface area contributed by atoms with Crippen LogP contribution in [0.5, 0.6) is 11.6 Å². The first-order valence-corrected chi connectivity index (χ1v) is 12.9. The van der Waals surface area contributed by atoms with Gasteiger partial charge in [0.25, 0.3) is 0 Å². The molecular weight excluding hydrogens is 510 g/mol. The molecule has 0 aliphatic carbocycles. The molecular formula is C30H31N5O5. The van der Waals surface area contributed by atoms with Crippen LogP contribution in [0, 0.1) is 0 Å². The number of aliphatic imine (C=N–C) groups is 1. The summed E-state index contributed by atoms with van der Waals surface area (Å²) in [5.74, 6) is -1.16. The SMILES string of the molecule is CN1CCN(CC(=O)N(C)c2ccc(N=C(c3ccc(O)cc3)c3c(O)[nH]c4ccc(C(=O)O)cc34)cc2)CC1. The summed E-state index contributed by atoms with van der Waals surface area (Å²) in [6.45, 7) is 3.96. The number of carbonyl (C=O) groups excluding carboxylic acids is 1. The molecule has 0 spiro atoms. The van der Waals surface area contributed by atoms with E-state index in [1.54, 1.807) is 42.3 Å². The van der Waals surface area contributed by atoms with Gasteiger partial charge in [0.05, 0.1) is 29.1 Å². The van der Waals surface area contributed by atoms with Crippen LogP contribution >= 0.6 is 0 Å². The summed E-state index contributed by atoms with van der Waals surface area (Å²) in [5.41, 5.74) is 3.26. The van der Waals surface area contributed by atoms with Crippen LogP contribution in [0.4, 0.5) is 11.4 Å². The molecule has 40 heavy (non-hydrogen) atoms. The molecule has 206 valence electrons. The molecule has 10 heteroatoms. The number of nitrogens with zero attached hydrogens (tertiary/aromatic N) is 4. The molecule has 1 fully saturated rings. The molecule has 4 N–H and O–H groups in total. The van der Waals surface area contributed by atoms with Gasteiger partial charge in [-0.2, -0.15) is 0 Å². The second-order valence-corrected chi connectivity index (χ2v) is 9.97. The second-order valence-electron chi connectivity index (χ2n) is 9.97. The van der Waals surface area contributed by atoms with Crippen LogP contribution in [0.3, 0.4) is 0 Å². The van der Waals surface area contributed by atoms with Gasteiger partial charge in [-0.05, 0) is 73.8 Å². The Labute approximate surface area is 231 Å². The first-order valence-electron chi connectivity index (χ1n) is 12.9. The number of carboxylic acids is 1. The van der Waals surface area contributed by atoms with Crippen molar-refractivity contribution in [2.75, 3.05) is 51.7 Å². The molecule has 0 unspecified atom stereocenters. The van der Waals surface area contributed by atoms with E-state index >= 15 is 0 Å². The highest BCUT2D eigenvalue weighted by molar-refractivity contribution is 6.22. The molecule has 10 nitrogen and oxygen atoms in total. The van der Waals surface area contributed by atoms with Gasteiger partial charge in [0.1, 0.15) is 5.75 Å². The van der Waals surface area contributed by atoms with E-state index in [-0.39, 0.29) is 23.1 Å². The summed E-state index contributed by atoms with van der Waals surface area (Å²) in [6, 6.07) is 18.1. The summed E-state index contributed by atoms with van der Waals surface area (Å²) in [6.07, 6.45) is 0. The molecule has 0 bridgehead atoms. The number of aromatic carboxylic acids is 1. The molecule has 1 amide bonds. The standard InChI is InChI=1S/C30H31N5O5/c1-33-13-15-35(16-14-33)18-26(37)34(2)22-8-6-21(7-9-22)31-28(19-3-10-23(36)11-4-19)27-24-17-20(30(39)40)5-12-25(24)32-29(27)38/h3-12,17,32,36,38H,13-16,18H2,1-2H3,(H,39,40). The molecule has 2 heterocycles. The highest BCUT2D eigenvalue weighted by atomic mass is 16.4. The third kappa shape index (κ3) is 5.68. The number of piperazine rings is 1. The lowest BCUT2D eigenvalue weighted by Crippen LogP contribution is -2.48. The van der Waals surface area contributed by atoms with Crippen LogP contribution in [-0.2, 0) is 4.79 Å². The number of hydrogen-bond donors (Lipinski definition) is 4. The molecule has 4 aromatic rings. The number of carbonyl (C=O) groups is 2. The minimum Gasteiger partial charge on any atom is -0.508 e. The molecule has 0 saturated carbocycles. The van der Waals surface area contributed by atoms with Crippen molar-refractivity contribution in [2.45, 2.75) is 0 Å². The van der Waals surface area contributed by atoms with Crippen LogP contribution in [-0.4, -0.2) is 94.5 Å². The van der Waals surface area contributed by atoms with Gasteiger partial charge in [0.2, 0.25) is 5.91 Å². The van der Waals surface area contributed by atoms with E-state index in [0.29, 0.717) is 40.0 Å². The van der Waals surface area contributed by atoms with Crippen LogP contribution < -0.4 is 4.90 Å². The summed E-state index contributed by atoms with van der Waals surface area (Å²) < 4.78 is 0. The zero-order chi connectivity index (χ0) is 28.4. The average Bonchev–Trinajstić information content (AvgIpc) is 3.28. The number of hydrogen-bond acceptors (Lipinski definition) is 7. The minimum atomic E-state index is -1.08. The number of anilines is 1. The Morgan fingerprint density at radius 2 is 1.57 bits per heavy atom. The summed E-state index contributed by atoms with van der Waals surface area (Å²) in [7, 11) is 3.83. The molecule has 1 saturated heterocycles. The lowest BCUT2D eigenvalue weighted by Gasteiger charge is -2.32. The largest absolute Gasteiger partial charge is 0.508 e. The van der Waals surface area contributed by atoms with Gasteiger partial charge in [-0.3, -0.25) is 9.69 Å². The number of H-pyrrole nitrogens is 1. The van der Waals surface area contributed by atoms with Gasteiger partial charge in [-0.15, -0.1) is 0 Å². The minimum absolute atomic E-state index is 0.00327. The average molecular weight is 542 g/mol. The van der Waals surface area contributed by atoms with E-state index < -0.39 is 5.97 Å². The van der Waals surface area contributed by atoms with Gasteiger partial charge >= 0.3 is 5.97 Å². The smallest absolute Gasteiger partial charge is 0.335 e. The van der Waals surface area contributed by atoms with Crippen molar-refractivity contribution < 1.29 is 24.9 Å². The number of amides is 1. The second kappa shape index (κ2) is 11.2. The number of nitrogens with one attached hydrogen (secondary N) is 1. The number of aromatic nitrogens is 1. The number of phenolic OH excluding ortho intramolecular Hbond substituents is 1. The van der Waals surface area contributed by atoms with E-state index in [1.165, 1.54) is 24.3 Å². The Hall–Kier alpha value is -4.67. The maximum atomic E-state index is 12.9. The van der Waals surface area contributed by atoms with E-state index in [4.69, 9.17) is 4.99 Å². The van der Waals surface area contributed by atoms with Crippen molar-refractivity contribution in [2.24, 2.45) is 4.99 Å². The summed E-state index contributed by atoms with van der Waals surface area (Å²) in [4.78, 5) is 38.3. The van der Waals surface area contributed by atoms with Crippen molar-refractivity contribution >= 4 is 39.9 Å². The number of phenols is 1. The fraction of sp³-hybridized carbons (Fsp3) is 0.233. The first-order chi connectivity index (χ1) is 19.2. The fourth-order valence-corrected chi connectivity index (χ4v) is 4.76. The number of likely N-dealkylation sites (N-methyl/N-ethyl adjacent to an activating group) is 2. The van der Waals surface area contributed by atoms with E-state index in [1.807, 2.05) is 12.1 Å². The van der Waals surface area contributed by atoms with E-state index in [0.717, 1.165) is 31.9 Å². The third-order valence-electron chi connectivity index (χ3n) is 7.21. The first kappa shape index (κ1) is 26.9. The summed E-state index contributed by atoms with van der Waals surface area (Å²) in [5, 5.41) is 30.7. The highest BCUT2D eigenvalue weighted by Crippen LogP contribution is 2.33. The summed E-state index contributed by atoms with van der Waals surface area (Å²) >= 11 is 0. The van der Waals surface area contributed by atoms with Crippen LogP contribution in [0.1, 0.15) is 21.5 Å². The molecule has 0 atom stereocenters. The molecule has 3 aromatic carbocycles. The van der Waals surface area contributed by atoms with Crippen molar-refractivity contribution in [1.29, 1.82) is 0 Å². The fourth-order valence-electron chi connectivity index (χ4n) is 4.76. The van der Waals surface area contributed by atoms with E-state index in [9.17, 15) is 24.9 Å². The quantitative estimate of drug-likeness (QED) is 0.263. The molecule has 1 aliphatic rings. The highest BCUT2D eigenvalue weighted by Gasteiger charge is 2.21. The van der Waals surface area contributed by atoms with Crippen LogP contribution in [0.15, 0.2) is 71.7 Å². The van der Waals surface area contributed by atoms with E-state index in [2.05, 4.69) is 21.8 Å². The van der Waals surface area contributed by atoms with Crippen LogP contribution in [0.25, 0.3) is 10.9 Å². The maximum absolute atomic E-state index is 12.9. The van der Waals surface area contributed by atoms with Gasteiger partial charge in [0.15, 0.2) is 5.88 Å². The number of benzene rings is 3. The molecule has 0 radical (unpaired) electrons. The lowest BCUT2D eigenvalue weighted by atomic mass is 9.99. The number of fused-ring (bicyclic) bond motifs is 1. The predicted octanol–water partition coefficient (Wildman–Crippen LogP) is 3.66. The normalized spacial score (nSPS) is 14.9. The molecule has 1 aliphatic heterocycles. The Bertz CT molecular complexity index is 1570. The lowest BCUT2D eigenvalue weighted by molar-refractivity contribution is -0.119. The number of rotatable bonds is 7. The maximum Gasteiger partial charge on any atom is 0.335 e. The van der Waals surface area contributed by atoms with Gasteiger partial charge in [-0.25, -0.2) is 9.79 Å². The zero-order valence-electron chi connectivity index (χ0n) is 22.3. The monoisotopic (exact) mass is 541 g/mol. The molecule has 5 rings (SSSR count). The third-order valence-corrected chi connectivity index (χ3v) is 7.21. The number of carboxylic acid groups (broad SMARTS) is 1. The van der Waals surface area contributed by atoms with Crippen molar-refractivity contribution in [1.82, 2.24) is 14.8 Å². The van der Waals surface area contributed by atoms with Crippen molar-refractivity contribution in [3.05, 3.63) is 83.4 Å².